The number of fused-ring (bicyclic) bond motifs is 1. The van der Waals surface area contributed by atoms with E-state index in [-0.39, 0.29) is 11.4 Å². The fraction of sp³-hybridized carbons (Fsp3) is 0.273. The Labute approximate surface area is 167 Å². The molecule has 0 unspecified atom stereocenters. The molecular formula is C22H20F3NO2S. The SMILES string of the molecule is O=S(=O)(NCC[C@@H]1C[C@H]1c1ccc2ccccc2c1)c1ccc(C(F)(F)F)cc1. The van der Waals surface area contributed by atoms with Crippen LogP contribution in [0.1, 0.15) is 29.9 Å². The first-order chi connectivity index (χ1) is 13.7. The quantitative estimate of drug-likeness (QED) is 0.587. The van der Waals surface area contributed by atoms with E-state index in [4.69, 9.17) is 0 Å². The van der Waals surface area contributed by atoms with Crippen molar-refractivity contribution in [3.05, 3.63) is 77.9 Å². The molecule has 29 heavy (non-hydrogen) atoms. The number of sulfonamides is 1. The van der Waals surface area contributed by atoms with Crippen LogP contribution in [-0.2, 0) is 16.2 Å². The van der Waals surface area contributed by atoms with Crippen molar-refractivity contribution in [1.29, 1.82) is 0 Å². The molecule has 0 saturated heterocycles. The molecule has 3 nitrogen and oxygen atoms in total. The molecule has 0 bridgehead atoms. The average Bonchev–Trinajstić information content (AvgIpc) is 3.46. The molecule has 3 aromatic carbocycles. The van der Waals surface area contributed by atoms with Crippen molar-refractivity contribution >= 4 is 20.8 Å². The first-order valence-electron chi connectivity index (χ1n) is 9.40. The lowest BCUT2D eigenvalue weighted by atomic mass is 10.0. The van der Waals surface area contributed by atoms with Crippen molar-refractivity contribution in [1.82, 2.24) is 4.72 Å². The van der Waals surface area contributed by atoms with E-state index >= 15 is 0 Å². The van der Waals surface area contributed by atoms with Crippen LogP contribution < -0.4 is 4.72 Å². The van der Waals surface area contributed by atoms with Gasteiger partial charge in [-0.3, -0.25) is 0 Å². The van der Waals surface area contributed by atoms with Gasteiger partial charge < -0.3 is 0 Å². The van der Waals surface area contributed by atoms with Gasteiger partial charge in [-0.05, 0) is 65.3 Å². The Hall–Kier alpha value is -2.38. The zero-order valence-corrected chi connectivity index (χ0v) is 16.3. The Balaban J connectivity index is 1.33. The number of alkyl halides is 3. The molecule has 1 saturated carbocycles. The summed E-state index contributed by atoms with van der Waals surface area (Å²) in [6.45, 7) is 0.262. The van der Waals surface area contributed by atoms with E-state index < -0.39 is 21.8 Å². The summed E-state index contributed by atoms with van der Waals surface area (Å²) >= 11 is 0. The highest BCUT2D eigenvalue weighted by Gasteiger charge is 2.38. The molecule has 7 heteroatoms. The zero-order valence-electron chi connectivity index (χ0n) is 15.5. The summed E-state index contributed by atoms with van der Waals surface area (Å²) in [6.07, 6.45) is -2.78. The molecule has 0 amide bonds. The molecule has 1 aliphatic carbocycles. The number of benzene rings is 3. The minimum absolute atomic E-state index is 0.160. The molecule has 0 aliphatic heterocycles. The summed E-state index contributed by atoms with van der Waals surface area (Å²) < 4.78 is 64.9. The van der Waals surface area contributed by atoms with E-state index in [0.29, 0.717) is 18.3 Å². The maximum Gasteiger partial charge on any atom is 0.416 e. The Bertz CT molecular complexity index is 1120. The molecule has 4 rings (SSSR count). The summed E-state index contributed by atoms with van der Waals surface area (Å²) in [5.41, 5.74) is 0.395. The van der Waals surface area contributed by atoms with Crippen molar-refractivity contribution < 1.29 is 21.6 Å². The van der Waals surface area contributed by atoms with Crippen molar-refractivity contribution in [2.75, 3.05) is 6.54 Å². The second kappa shape index (κ2) is 7.46. The van der Waals surface area contributed by atoms with Crippen LogP contribution in [0.4, 0.5) is 13.2 Å². The molecule has 1 aliphatic rings. The van der Waals surface area contributed by atoms with Crippen LogP contribution in [0.5, 0.6) is 0 Å². The maximum absolute atomic E-state index is 12.6. The summed E-state index contributed by atoms with van der Waals surface area (Å²) in [4.78, 5) is -0.160. The molecule has 1 fully saturated rings. The van der Waals surface area contributed by atoms with Crippen molar-refractivity contribution in [3.8, 4) is 0 Å². The van der Waals surface area contributed by atoms with Crippen LogP contribution in [0.15, 0.2) is 71.6 Å². The fourth-order valence-electron chi connectivity index (χ4n) is 3.70. The van der Waals surface area contributed by atoms with Gasteiger partial charge in [-0.15, -0.1) is 0 Å². The molecule has 0 spiro atoms. The van der Waals surface area contributed by atoms with Crippen molar-refractivity contribution in [2.45, 2.75) is 29.8 Å². The van der Waals surface area contributed by atoms with Gasteiger partial charge in [0.05, 0.1) is 10.5 Å². The largest absolute Gasteiger partial charge is 0.416 e. The van der Waals surface area contributed by atoms with Gasteiger partial charge in [0.1, 0.15) is 0 Å². The Morgan fingerprint density at radius 1 is 0.931 bits per heavy atom. The van der Waals surface area contributed by atoms with Crippen LogP contribution in [-0.4, -0.2) is 15.0 Å². The highest BCUT2D eigenvalue weighted by molar-refractivity contribution is 7.89. The molecule has 0 heterocycles. The number of halogens is 3. The molecule has 1 N–H and O–H groups in total. The predicted molar refractivity (Wildman–Crippen MR) is 106 cm³/mol. The van der Waals surface area contributed by atoms with Gasteiger partial charge in [-0.1, -0.05) is 42.5 Å². The second-order valence-electron chi connectivity index (χ2n) is 7.42. The third-order valence-electron chi connectivity index (χ3n) is 5.42. The minimum atomic E-state index is -4.49. The lowest BCUT2D eigenvalue weighted by Crippen LogP contribution is -2.25. The monoisotopic (exact) mass is 419 g/mol. The van der Waals surface area contributed by atoms with E-state index in [1.165, 1.54) is 16.3 Å². The number of nitrogens with one attached hydrogen (secondary N) is 1. The van der Waals surface area contributed by atoms with Gasteiger partial charge in [-0.2, -0.15) is 13.2 Å². The average molecular weight is 419 g/mol. The molecule has 152 valence electrons. The number of rotatable bonds is 6. The van der Waals surface area contributed by atoms with E-state index in [1.54, 1.807) is 0 Å². The van der Waals surface area contributed by atoms with Crippen molar-refractivity contribution in [2.24, 2.45) is 5.92 Å². The van der Waals surface area contributed by atoms with E-state index in [2.05, 4.69) is 35.1 Å². The summed E-state index contributed by atoms with van der Waals surface area (Å²) in [6, 6.07) is 18.1. The van der Waals surface area contributed by atoms with Crippen LogP contribution in [0.3, 0.4) is 0 Å². The van der Waals surface area contributed by atoms with E-state index in [0.717, 1.165) is 30.7 Å². The van der Waals surface area contributed by atoms with Gasteiger partial charge in [-0.25, -0.2) is 13.1 Å². The lowest BCUT2D eigenvalue weighted by molar-refractivity contribution is -0.137. The van der Waals surface area contributed by atoms with E-state index in [1.807, 2.05) is 12.1 Å². The zero-order chi connectivity index (χ0) is 20.6. The topological polar surface area (TPSA) is 46.2 Å². The van der Waals surface area contributed by atoms with E-state index in [9.17, 15) is 21.6 Å². The Morgan fingerprint density at radius 2 is 1.62 bits per heavy atom. The highest BCUT2D eigenvalue weighted by Crippen LogP contribution is 2.49. The van der Waals surface area contributed by atoms with Gasteiger partial charge in [0.25, 0.3) is 0 Å². The van der Waals surface area contributed by atoms with Gasteiger partial charge in [0, 0.05) is 6.54 Å². The summed E-state index contributed by atoms with van der Waals surface area (Å²) in [7, 11) is -3.82. The van der Waals surface area contributed by atoms with Gasteiger partial charge >= 0.3 is 6.18 Å². The predicted octanol–water partition coefficient (Wildman–Crippen LogP) is 5.33. The molecule has 3 aromatic rings. The van der Waals surface area contributed by atoms with Crippen molar-refractivity contribution in [3.63, 3.8) is 0 Å². The number of hydrogen-bond acceptors (Lipinski definition) is 2. The highest BCUT2D eigenvalue weighted by atomic mass is 32.2. The first kappa shape index (κ1) is 19.9. The van der Waals surface area contributed by atoms with Gasteiger partial charge in [0.2, 0.25) is 10.0 Å². The molecule has 2 atom stereocenters. The lowest BCUT2D eigenvalue weighted by Gasteiger charge is -2.09. The Morgan fingerprint density at radius 3 is 2.31 bits per heavy atom. The van der Waals surface area contributed by atoms with Crippen LogP contribution >= 0.6 is 0 Å². The normalized spacial score (nSPS) is 19.4. The summed E-state index contributed by atoms with van der Waals surface area (Å²) in [5.74, 6) is 0.835. The second-order valence-corrected chi connectivity index (χ2v) is 9.18. The molecular weight excluding hydrogens is 399 g/mol. The minimum Gasteiger partial charge on any atom is -0.211 e. The molecule has 0 aromatic heterocycles. The summed E-state index contributed by atoms with van der Waals surface area (Å²) in [5, 5.41) is 2.39. The Kier molecular flexibility index (Phi) is 5.12. The third kappa shape index (κ3) is 4.46. The molecule has 0 radical (unpaired) electrons. The van der Waals surface area contributed by atoms with Gasteiger partial charge in [0.15, 0.2) is 0 Å². The number of hydrogen-bond donors (Lipinski definition) is 1. The fourth-order valence-corrected chi connectivity index (χ4v) is 4.75. The van der Waals surface area contributed by atoms with Crippen LogP contribution in [0.25, 0.3) is 10.8 Å². The standard InChI is InChI=1S/C22H20F3NO2S/c23-22(24,25)19-7-9-20(10-8-19)29(27,28)26-12-11-18-14-21(18)17-6-5-15-3-1-2-4-16(15)13-17/h1-10,13,18,21,26H,11-12,14H2/t18-,21+/m1/s1. The smallest absolute Gasteiger partial charge is 0.211 e. The van der Waals surface area contributed by atoms with Crippen LogP contribution in [0.2, 0.25) is 0 Å². The van der Waals surface area contributed by atoms with Crippen LogP contribution in [0, 0.1) is 5.92 Å². The first-order valence-corrected chi connectivity index (χ1v) is 10.9. The third-order valence-corrected chi connectivity index (χ3v) is 6.90. The maximum atomic E-state index is 12.6.